The lowest BCUT2D eigenvalue weighted by molar-refractivity contribution is 0.115. The standard InChI is InChI=1S/C9H15N3/c1-9(2,3)11-6-8-4-5-10-12(8)7-11/h4-5H,6-7H2,1-3H3. The fourth-order valence-electron chi connectivity index (χ4n) is 1.48. The molecule has 1 aliphatic heterocycles. The van der Waals surface area contributed by atoms with Gasteiger partial charge in [0.25, 0.3) is 0 Å². The maximum atomic E-state index is 4.24. The fourth-order valence-corrected chi connectivity index (χ4v) is 1.48. The van der Waals surface area contributed by atoms with Crippen LogP contribution in [0.3, 0.4) is 0 Å². The van der Waals surface area contributed by atoms with E-state index >= 15 is 0 Å². The lowest BCUT2D eigenvalue weighted by Gasteiger charge is -2.30. The van der Waals surface area contributed by atoms with Crippen LogP contribution >= 0.6 is 0 Å². The van der Waals surface area contributed by atoms with Crippen LogP contribution in [0.25, 0.3) is 0 Å². The Bertz CT molecular complexity index is 262. The molecule has 0 saturated carbocycles. The predicted molar refractivity (Wildman–Crippen MR) is 47.5 cm³/mol. The molecule has 2 rings (SSSR count). The van der Waals surface area contributed by atoms with Gasteiger partial charge in [-0.3, -0.25) is 9.58 Å². The van der Waals surface area contributed by atoms with Gasteiger partial charge in [-0.1, -0.05) is 0 Å². The molecule has 3 nitrogen and oxygen atoms in total. The van der Waals surface area contributed by atoms with E-state index in [-0.39, 0.29) is 5.54 Å². The predicted octanol–water partition coefficient (Wildman–Crippen LogP) is 1.45. The summed E-state index contributed by atoms with van der Waals surface area (Å²) in [5.41, 5.74) is 1.57. The number of nitrogens with zero attached hydrogens (tertiary/aromatic N) is 3. The summed E-state index contributed by atoms with van der Waals surface area (Å²) in [7, 11) is 0. The normalized spacial score (nSPS) is 18.2. The zero-order valence-corrected chi connectivity index (χ0v) is 7.91. The number of hydrogen-bond acceptors (Lipinski definition) is 2. The Labute approximate surface area is 73.0 Å². The van der Waals surface area contributed by atoms with Crippen LogP contribution in [-0.2, 0) is 13.2 Å². The Morgan fingerprint density at radius 1 is 1.42 bits per heavy atom. The molecule has 1 aromatic rings. The quantitative estimate of drug-likeness (QED) is 0.580. The minimum atomic E-state index is 0.251. The van der Waals surface area contributed by atoms with Gasteiger partial charge < -0.3 is 0 Å². The molecule has 66 valence electrons. The monoisotopic (exact) mass is 165 g/mol. The molecule has 1 aliphatic rings. The van der Waals surface area contributed by atoms with Gasteiger partial charge in [0.1, 0.15) is 0 Å². The van der Waals surface area contributed by atoms with Crippen LogP contribution in [-0.4, -0.2) is 20.2 Å². The number of fused-ring (bicyclic) bond motifs is 1. The van der Waals surface area contributed by atoms with Gasteiger partial charge in [-0.05, 0) is 26.8 Å². The third kappa shape index (κ3) is 1.14. The van der Waals surface area contributed by atoms with Crippen LogP contribution in [0, 0.1) is 0 Å². The lowest BCUT2D eigenvalue weighted by atomic mass is 10.1. The molecule has 0 saturated heterocycles. The summed E-state index contributed by atoms with van der Waals surface area (Å²) in [5.74, 6) is 0. The van der Waals surface area contributed by atoms with E-state index in [2.05, 4.69) is 41.5 Å². The molecule has 0 aromatic carbocycles. The fraction of sp³-hybridized carbons (Fsp3) is 0.667. The molecule has 0 radical (unpaired) electrons. The van der Waals surface area contributed by atoms with Gasteiger partial charge in [0.05, 0.1) is 12.4 Å². The van der Waals surface area contributed by atoms with Crippen molar-refractivity contribution in [2.45, 2.75) is 39.5 Å². The summed E-state index contributed by atoms with van der Waals surface area (Å²) in [5, 5.41) is 4.24. The second-order valence-electron chi connectivity index (χ2n) is 4.33. The summed E-state index contributed by atoms with van der Waals surface area (Å²) in [6, 6.07) is 2.09. The van der Waals surface area contributed by atoms with E-state index in [1.807, 2.05) is 6.20 Å². The van der Waals surface area contributed by atoms with Crippen molar-refractivity contribution in [1.82, 2.24) is 14.7 Å². The molecule has 2 heterocycles. The minimum absolute atomic E-state index is 0.251. The van der Waals surface area contributed by atoms with Crippen molar-refractivity contribution in [3.8, 4) is 0 Å². The molecule has 0 bridgehead atoms. The lowest BCUT2D eigenvalue weighted by Crippen LogP contribution is -2.37. The Kier molecular flexibility index (Phi) is 1.51. The summed E-state index contributed by atoms with van der Waals surface area (Å²) < 4.78 is 2.06. The summed E-state index contributed by atoms with van der Waals surface area (Å²) in [6.45, 7) is 8.67. The van der Waals surface area contributed by atoms with Crippen molar-refractivity contribution >= 4 is 0 Å². The van der Waals surface area contributed by atoms with Gasteiger partial charge in [0.2, 0.25) is 0 Å². The van der Waals surface area contributed by atoms with Crippen molar-refractivity contribution in [3.63, 3.8) is 0 Å². The molecule has 0 unspecified atom stereocenters. The van der Waals surface area contributed by atoms with E-state index < -0.39 is 0 Å². The van der Waals surface area contributed by atoms with Crippen molar-refractivity contribution in [1.29, 1.82) is 0 Å². The first kappa shape index (κ1) is 7.80. The molecule has 0 spiro atoms. The van der Waals surface area contributed by atoms with E-state index in [0.29, 0.717) is 0 Å². The highest BCUT2D eigenvalue weighted by Crippen LogP contribution is 2.23. The second kappa shape index (κ2) is 2.33. The highest BCUT2D eigenvalue weighted by Gasteiger charge is 2.27. The van der Waals surface area contributed by atoms with Gasteiger partial charge in [-0.2, -0.15) is 5.10 Å². The first-order chi connectivity index (χ1) is 5.57. The zero-order chi connectivity index (χ0) is 8.77. The van der Waals surface area contributed by atoms with Crippen LogP contribution in [0.4, 0.5) is 0 Å². The van der Waals surface area contributed by atoms with Crippen molar-refractivity contribution in [2.75, 3.05) is 0 Å². The van der Waals surface area contributed by atoms with Crippen molar-refractivity contribution < 1.29 is 0 Å². The third-order valence-electron chi connectivity index (χ3n) is 2.41. The molecular formula is C9H15N3. The Morgan fingerprint density at radius 3 is 2.75 bits per heavy atom. The van der Waals surface area contributed by atoms with Crippen LogP contribution in [0.1, 0.15) is 26.5 Å². The van der Waals surface area contributed by atoms with Crippen LogP contribution in [0.5, 0.6) is 0 Å². The number of hydrogen-bond donors (Lipinski definition) is 0. The van der Waals surface area contributed by atoms with E-state index in [0.717, 1.165) is 13.2 Å². The van der Waals surface area contributed by atoms with E-state index in [1.165, 1.54) is 5.69 Å². The van der Waals surface area contributed by atoms with Gasteiger partial charge in [-0.25, -0.2) is 0 Å². The van der Waals surface area contributed by atoms with Crippen LogP contribution < -0.4 is 0 Å². The Morgan fingerprint density at radius 2 is 2.17 bits per heavy atom. The molecule has 0 N–H and O–H groups in total. The first-order valence-corrected chi connectivity index (χ1v) is 4.33. The largest absolute Gasteiger partial charge is 0.274 e. The Balaban J connectivity index is 2.18. The Hall–Kier alpha value is -0.830. The smallest absolute Gasteiger partial charge is 0.0940 e. The average molecular weight is 165 g/mol. The van der Waals surface area contributed by atoms with Crippen molar-refractivity contribution in [2.24, 2.45) is 0 Å². The molecule has 1 aromatic heterocycles. The maximum Gasteiger partial charge on any atom is 0.0940 e. The molecule has 0 aliphatic carbocycles. The molecule has 0 atom stereocenters. The topological polar surface area (TPSA) is 21.1 Å². The maximum absolute atomic E-state index is 4.24. The molecular weight excluding hydrogens is 150 g/mol. The summed E-state index contributed by atoms with van der Waals surface area (Å²) in [6.07, 6.45) is 1.87. The van der Waals surface area contributed by atoms with Crippen LogP contribution in [0.15, 0.2) is 12.3 Å². The van der Waals surface area contributed by atoms with E-state index in [9.17, 15) is 0 Å². The van der Waals surface area contributed by atoms with Gasteiger partial charge in [0.15, 0.2) is 0 Å². The summed E-state index contributed by atoms with van der Waals surface area (Å²) in [4.78, 5) is 2.41. The van der Waals surface area contributed by atoms with Gasteiger partial charge in [0, 0.05) is 18.3 Å². The summed E-state index contributed by atoms with van der Waals surface area (Å²) >= 11 is 0. The van der Waals surface area contributed by atoms with Crippen LogP contribution in [0.2, 0.25) is 0 Å². The molecule has 0 fully saturated rings. The van der Waals surface area contributed by atoms with E-state index in [4.69, 9.17) is 0 Å². The second-order valence-corrected chi connectivity index (χ2v) is 4.33. The number of rotatable bonds is 0. The zero-order valence-electron chi connectivity index (χ0n) is 7.91. The van der Waals surface area contributed by atoms with Crippen molar-refractivity contribution in [3.05, 3.63) is 18.0 Å². The van der Waals surface area contributed by atoms with Gasteiger partial charge in [-0.15, -0.1) is 0 Å². The average Bonchev–Trinajstić information content (AvgIpc) is 2.37. The molecule has 12 heavy (non-hydrogen) atoms. The highest BCUT2D eigenvalue weighted by molar-refractivity contribution is 5.04. The van der Waals surface area contributed by atoms with E-state index in [1.54, 1.807) is 0 Å². The minimum Gasteiger partial charge on any atom is -0.274 e. The molecule has 3 heteroatoms. The number of aromatic nitrogens is 2. The third-order valence-corrected chi connectivity index (χ3v) is 2.41. The SMILES string of the molecule is CC(C)(C)N1Cc2ccnn2C1. The highest BCUT2D eigenvalue weighted by atomic mass is 15.4. The first-order valence-electron chi connectivity index (χ1n) is 4.33. The molecule has 0 amide bonds. The van der Waals surface area contributed by atoms with Gasteiger partial charge >= 0.3 is 0 Å².